The van der Waals surface area contributed by atoms with Crippen LogP contribution in [0.3, 0.4) is 0 Å². The van der Waals surface area contributed by atoms with Crippen LogP contribution in [0, 0.1) is 0 Å². The number of rotatable bonds is 4. The lowest BCUT2D eigenvalue weighted by Gasteiger charge is -2.33. The predicted octanol–water partition coefficient (Wildman–Crippen LogP) is 4.88. The molecule has 0 radical (unpaired) electrons. The number of β-amino-alcohol motifs (C(OH)–C–C–N with tert-alkyl or cyclic N) is 1. The number of carbonyl (C=O) groups is 2. The highest BCUT2D eigenvalue weighted by Crippen LogP contribution is 2.38. The normalized spacial score (nSPS) is 21.9. The first kappa shape index (κ1) is 27.2. The van der Waals surface area contributed by atoms with Crippen molar-refractivity contribution in [1.82, 2.24) is 20.0 Å². The number of nitrogens with one attached hydrogen (secondary N) is 1. The van der Waals surface area contributed by atoms with Crippen LogP contribution in [-0.4, -0.2) is 56.2 Å². The summed E-state index contributed by atoms with van der Waals surface area (Å²) in [6, 6.07) is 5.64. The molecule has 2 saturated heterocycles. The van der Waals surface area contributed by atoms with E-state index < -0.39 is 53.3 Å². The van der Waals surface area contributed by atoms with Crippen LogP contribution in [-0.2, 0) is 23.7 Å². The molecule has 206 valence electrons. The molecule has 1 aromatic heterocycles. The molecule has 7 nitrogen and oxygen atoms in total. The van der Waals surface area contributed by atoms with Gasteiger partial charge in [0.2, 0.25) is 0 Å². The maximum atomic E-state index is 13.6. The fourth-order valence-electron chi connectivity index (χ4n) is 4.68. The molecule has 0 bridgehead atoms. The van der Waals surface area contributed by atoms with Crippen molar-refractivity contribution < 1.29 is 41.0 Å². The van der Waals surface area contributed by atoms with Crippen molar-refractivity contribution in [3.63, 3.8) is 0 Å². The summed E-state index contributed by atoms with van der Waals surface area (Å²) in [6.07, 6.45) is -7.48. The summed E-state index contributed by atoms with van der Waals surface area (Å²) in [6.45, 7) is 0.399. The van der Waals surface area contributed by atoms with Crippen LogP contribution >= 0.6 is 11.8 Å². The SMILES string of the molecule is O=C1SC(=Cc2ccc3c(cnn3Cc3ccc(C(F)(F)F)cc3C(F)(F)F)c2)C(=O)N1C1CCNCC1O. The van der Waals surface area contributed by atoms with E-state index in [1.54, 1.807) is 18.2 Å². The summed E-state index contributed by atoms with van der Waals surface area (Å²) < 4.78 is 80.9. The van der Waals surface area contributed by atoms with Gasteiger partial charge in [0, 0.05) is 11.9 Å². The first-order chi connectivity index (χ1) is 18.3. The average Bonchev–Trinajstić information content (AvgIpc) is 3.37. The second kappa shape index (κ2) is 9.99. The largest absolute Gasteiger partial charge is 0.416 e. The van der Waals surface area contributed by atoms with Gasteiger partial charge in [-0.1, -0.05) is 12.1 Å². The Morgan fingerprint density at radius 2 is 1.85 bits per heavy atom. The standard InChI is InChI=1S/C25H20F6N4O3S/c26-24(27,28)16-3-2-14(17(9-16)25(29,30)31)12-34-18-4-1-13(7-15(18)10-33-34)8-21-22(37)35(23(38)39-21)19-5-6-32-11-20(19)36/h1-4,7-10,19-20,32,36H,5-6,11-12H2. The second-order valence-corrected chi connectivity index (χ2v) is 10.2. The van der Waals surface area contributed by atoms with Crippen LogP contribution in [0.15, 0.2) is 47.5 Å². The molecule has 2 N–H and O–H groups in total. The van der Waals surface area contributed by atoms with Crippen molar-refractivity contribution in [2.24, 2.45) is 0 Å². The average molecular weight is 571 g/mol. The number of aliphatic hydroxyl groups excluding tert-OH is 1. The molecule has 0 spiro atoms. The van der Waals surface area contributed by atoms with Crippen molar-refractivity contribution in [3.05, 3.63) is 69.8 Å². The van der Waals surface area contributed by atoms with Gasteiger partial charge in [-0.25, -0.2) is 0 Å². The number of carbonyl (C=O) groups excluding carboxylic acids is 2. The fourth-order valence-corrected chi connectivity index (χ4v) is 5.57. The maximum Gasteiger partial charge on any atom is 0.416 e. The first-order valence-corrected chi connectivity index (χ1v) is 12.5. The van der Waals surface area contributed by atoms with Gasteiger partial charge in [0.15, 0.2) is 0 Å². The summed E-state index contributed by atoms with van der Waals surface area (Å²) in [5.74, 6) is -0.520. The number of imide groups is 1. The van der Waals surface area contributed by atoms with Gasteiger partial charge >= 0.3 is 12.4 Å². The molecule has 0 saturated carbocycles. The molecule has 5 rings (SSSR count). The van der Waals surface area contributed by atoms with E-state index in [0.717, 1.165) is 22.7 Å². The van der Waals surface area contributed by atoms with Crippen LogP contribution in [0.1, 0.15) is 28.7 Å². The first-order valence-electron chi connectivity index (χ1n) is 11.7. The van der Waals surface area contributed by atoms with Gasteiger partial charge in [-0.05, 0) is 66.2 Å². The molecular formula is C25H20F6N4O3S. The lowest BCUT2D eigenvalue weighted by atomic mass is 10.0. The Balaban J connectivity index is 1.40. The molecule has 3 aromatic rings. The number of fused-ring (bicyclic) bond motifs is 1. The lowest BCUT2D eigenvalue weighted by Crippen LogP contribution is -2.54. The Morgan fingerprint density at radius 3 is 2.54 bits per heavy atom. The van der Waals surface area contributed by atoms with E-state index in [2.05, 4.69) is 10.4 Å². The molecule has 2 amide bonds. The Morgan fingerprint density at radius 1 is 1.08 bits per heavy atom. The second-order valence-electron chi connectivity index (χ2n) is 9.17. The molecule has 14 heteroatoms. The number of hydrogen-bond donors (Lipinski definition) is 2. The number of piperidine rings is 1. The highest BCUT2D eigenvalue weighted by Gasteiger charge is 2.43. The number of alkyl halides is 6. The van der Waals surface area contributed by atoms with E-state index in [9.17, 15) is 41.0 Å². The van der Waals surface area contributed by atoms with Crippen LogP contribution in [0.2, 0.25) is 0 Å². The van der Waals surface area contributed by atoms with Crippen molar-refractivity contribution in [2.45, 2.75) is 37.5 Å². The zero-order valence-electron chi connectivity index (χ0n) is 19.9. The number of aromatic nitrogens is 2. The van der Waals surface area contributed by atoms with Gasteiger partial charge in [0.1, 0.15) is 0 Å². The number of thioether (sulfide) groups is 1. The van der Waals surface area contributed by atoms with E-state index in [0.29, 0.717) is 35.5 Å². The summed E-state index contributed by atoms with van der Waals surface area (Å²) in [4.78, 5) is 26.7. The third-order valence-electron chi connectivity index (χ3n) is 6.60. The quantitative estimate of drug-likeness (QED) is 0.344. The molecule has 0 aliphatic carbocycles. The third kappa shape index (κ3) is 5.40. The van der Waals surface area contributed by atoms with Crippen LogP contribution in [0.4, 0.5) is 31.1 Å². The summed E-state index contributed by atoms with van der Waals surface area (Å²) in [5, 5.41) is 17.3. The Hall–Kier alpha value is -3.36. The monoisotopic (exact) mass is 570 g/mol. The lowest BCUT2D eigenvalue weighted by molar-refractivity contribution is -0.143. The van der Waals surface area contributed by atoms with E-state index in [1.165, 1.54) is 17.0 Å². The van der Waals surface area contributed by atoms with Gasteiger partial charge in [0.25, 0.3) is 11.1 Å². The van der Waals surface area contributed by atoms with Crippen LogP contribution < -0.4 is 5.32 Å². The zero-order valence-corrected chi connectivity index (χ0v) is 20.7. The van der Waals surface area contributed by atoms with Gasteiger partial charge in [-0.15, -0.1) is 0 Å². The zero-order chi connectivity index (χ0) is 28.1. The van der Waals surface area contributed by atoms with Gasteiger partial charge in [-0.3, -0.25) is 19.2 Å². The number of hydrogen-bond acceptors (Lipinski definition) is 6. The topological polar surface area (TPSA) is 87.5 Å². The minimum atomic E-state index is -5.00. The fraction of sp³-hybridized carbons (Fsp3) is 0.320. The summed E-state index contributed by atoms with van der Waals surface area (Å²) in [7, 11) is 0. The van der Waals surface area contributed by atoms with Gasteiger partial charge < -0.3 is 10.4 Å². The van der Waals surface area contributed by atoms with Gasteiger partial charge in [-0.2, -0.15) is 31.4 Å². The summed E-state index contributed by atoms with van der Waals surface area (Å²) in [5.41, 5.74) is -2.21. The molecule has 39 heavy (non-hydrogen) atoms. The number of halogens is 6. The molecule has 2 aromatic carbocycles. The maximum absolute atomic E-state index is 13.6. The molecule has 3 heterocycles. The number of benzene rings is 2. The van der Waals surface area contributed by atoms with Crippen LogP contribution in [0.25, 0.3) is 17.0 Å². The van der Waals surface area contributed by atoms with Crippen molar-refractivity contribution in [1.29, 1.82) is 0 Å². The predicted molar refractivity (Wildman–Crippen MR) is 130 cm³/mol. The van der Waals surface area contributed by atoms with E-state index in [1.807, 2.05) is 0 Å². The smallest absolute Gasteiger partial charge is 0.390 e. The molecular weight excluding hydrogens is 550 g/mol. The van der Waals surface area contributed by atoms with E-state index in [4.69, 9.17) is 0 Å². The highest BCUT2D eigenvalue weighted by atomic mass is 32.2. The number of aliphatic hydroxyl groups is 1. The minimum absolute atomic E-state index is 0.0923. The Kier molecular flexibility index (Phi) is 6.97. The van der Waals surface area contributed by atoms with Crippen molar-refractivity contribution >= 4 is 39.9 Å². The Bertz CT molecular complexity index is 1480. The molecule has 2 aliphatic heterocycles. The molecule has 2 fully saturated rings. The number of nitrogens with zero attached hydrogens (tertiary/aromatic N) is 3. The molecule has 2 atom stereocenters. The van der Waals surface area contributed by atoms with Crippen molar-refractivity contribution in [3.8, 4) is 0 Å². The number of amides is 2. The van der Waals surface area contributed by atoms with Gasteiger partial charge in [0.05, 0.1) is 46.4 Å². The minimum Gasteiger partial charge on any atom is -0.390 e. The van der Waals surface area contributed by atoms with E-state index >= 15 is 0 Å². The highest BCUT2D eigenvalue weighted by molar-refractivity contribution is 8.18. The molecule has 2 unspecified atom stereocenters. The third-order valence-corrected chi connectivity index (χ3v) is 7.48. The van der Waals surface area contributed by atoms with Crippen molar-refractivity contribution in [2.75, 3.05) is 13.1 Å². The van der Waals surface area contributed by atoms with E-state index in [-0.39, 0.29) is 23.1 Å². The summed E-state index contributed by atoms with van der Waals surface area (Å²) >= 11 is 0.751. The van der Waals surface area contributed by atoms with Crippen LogP contribution in [0.5, 0.6) is 0 Å². The Labute approximate surface area is 221 Å². The molecule has 2 aliphatic rings.